The van der Waals surface area contributed by atoms with Gasteiger partial charge in [0, 0.05) is 6.54 Å². The predicted molar refractivity (Wildman–Crippen MR) is 75.6 cm³/mol. The van der Waals surface area contributed by atoms with E-state index in [0.717, 1.165) is 31.2 Å². The predicted octanol–water partition coefficient (Wildman–Crippen LogP) is 2.44. The van der Waals surface area contributed by atoms with Gasteiger partial charge in [-0.15, -0.1) is 12.4 Å². The second-order valence-electron chi connectivity index (χ2n) is 5.13. The third-order valence-corrected chi connectivity index (χ3v) is 3.64. The maximum absolute atomic E-state index is 13.3. The zero-order valence-corrected chi connectivity index (χ0v) is 11.9. The van der Waals surface area contributed by atoms with Crippen molar-refractivity contribution < 1.29 is 9.18 Å². The summed E-state index contributed by atoms with van der Waals surface area (Å²) in [6, 6.07) is 4.98. The third kappa shape index (κ3) is 3.67. The van der Waals surface area contributed by atoms with Crippen molar-refractivity contribution in [3.8, 4) is 0 Å². The molecular formula is C14H20ClFN2O. The molecule has 5 heteroatoms. The molecule has 1 aromatic rings. The SMILES string of the molecule is Cc1ccc(CNC(=O)C2(N)CCCC2)cc1F.Cl. The maximum atomic E-state index is 13.3. The molecule has 2 rings (SSSR count). The molecule has 0 aromatic heterocycles. The van der Waals surface area contributed by atoms with Gasteiger partial charge >= 0.3 is 0 Å². The van der Waals surface area contributed by atoms with Crippen LogP contribution in [0.3, 0.4) is 0 Å². The number of hydrogen-bond donors (Lipinski definition) is 2. The first kappa shape index (κ1) is 15.9. The topological polar surface area (TPSA) is 55.1 Å². The van der Waals surface area contributed by atoms with Gasteiger partial charge < -0.3 is 11.1 Å². The minimum Gasteiger partial charge on any atom is -0.350 e. The average Bonchev–Trinajstić information content (AvgIpc) is 2.79. The molecule has 1 aromatic carbocycles. The Morgan fingerprint density at radius 2 is 2.05 bits per heavy atom. The zero-order chi connectivity index (χ0) is 13.2. The number of nitrogens with two attached hydrogens (primary N) is 1. The van der Waals surface area contributed by atoms with E-state index in [1.807, 2.05) is 6.07 Å². The summed E-state index contributed by atoms with van der Waals surface area (Å²) >= 11 is 0. The zero-order valence-electron chi connectivity index (χ0n) is 11.0. The molecule has 0 atom stereocenters. The van der Waals surface area contributed by atoms with Crippen LogP contribution in [0.1, 0.15) is 36.8 Å². The van der Waals surface area contributed by atoms with Gasteiger partial charge in [0.25, 0.3) is 0 Å². The highest BCUT2D eigenvalue weighted by Gasteiger charge is 2.36. The normalized spacial score (nSPS) is 16.8. The fourth-order valence-electron chi connectivity index (χ4n) is 2.34. The molecule has 3 nitrogen and oxygen atoms in total. The molecule has 1 fully saturated rings. The van der Waals surface area contributed by atoms with Crippen molar-refractivity contribution in [2.75, 3.05) is 0 Å². The summed E-state index contributed by atoms with van der Waals surface area (Å²) in [6.45, 7) is 2.04. The summed E-state index contributed by atoms with van der Waals surface area (Å²) in [6.07, 6.45) is 3.48. The smallest absolute Gasteiger partial charge is 0.240 e. The van der Waals surface area contributed by atoms with Crippen molar-refractivity contribution in [3.63, 3.8) is 0 Å². The number of nitrogens with one attached hydrogen (secondary N) is 1. The van der Waals surface area contributed by atoms with E-state index in [2.05, 4.69) is 5.32 Å². The Kier molecular flexibility index (Phi) is 5.32. The van der Waals surface area contributed by atoms with Gasteiger partial charge in [-0.05, 0) is 37.0 Å². The van der Waals surface area contributed by atoms with Crippen LogP contribution in [-0.2, 0) is 11.3 Å². The van der Waals surface area contributed by atoms with Gasteiger partial charge in [0.2, 0.25) is 5.91 Å². The standard InChI is InChI=1S/C14H19FN2O.ClH/c1-10-4-5-11(8-12(10)15)9-17-13(18)14(16)6-2-3-7-14;/h4-5,8H,2-3,6-7,9,16H2,1H3,(H,17,18);1H. The number of rotatable bonds is 3. The Morgan fingerprint density at radius 1 is 1.42 bits per heavy atom. The first-order valence-electron chi connectivity index (χ1n) is 6.33. The van der Waals surface area contributed by atoms with E-state index in [9.17, 15) is 9.18 Å². The molecule has 0 bridgehead atoms. The van der Waals surface area contributed by atoms with E-state index in [1.165, 1.54) is 6.07 Å². The maximum Gasteiger partial charge on any atom is 0.240 e. The molecule has 1 aliphatic rings. The fourth-order valence-corrected chi connectivity index (χ4v) is 2.34. The molecule has 0 spiro atoms. The van der Waals surface area contributed by atoms with E-state index < -0.39 is 5.54 Å². The highest BCUT2D eigenvalue weighted by atomic mass is 35.5. The molecule has 0 heterocycles. The van der Waals surface area contributed by atoms with E-state index in [1.54, 1.807) is 13.0 Å². The van der Waals surface area contributed by atoms with Gasteiger partial charge in [0.1, 0.15) is 5.82 Å². The van der Waals surface area contributed by atoms with Crippen LogP contribution in [0.4, 0.5) is 4.39 Å². The van der Waals surface area contributed by atoms with E-state index >= 15 is 0 Å². The van der Waals surface area contributed by atoms with Crippen molar-refractivity contribution in [3.05, 3.63) is 35.1 Å². The molecule has 106 valence electrons. The summed E-state index contributed by atoms with van der Waals surface area (Å²) in [5.41, 5.74) is 6.68. The molecule has 0 aliphatic heterocycles. The first-order valence-corrected chi connectivity index (χ1v) is 6.33. The second-order valence-corrected chi connectivity index (χ2v) is 5.13. The van der Waals surface area contributed by atoms with Crippen LogP contribution in [0, 0.1) is 12.7 Å². The molecule has 1 aliphatic carbocycles. The van der Waals surface area contributed by atoms with E-state index in [0.29, 0.717) is 12.1 Å². The minimum atomic E-state index is -0.719. The lowest BCUT2D eigenvalue weighted by Crippen LogP contribution is -2.51. The molecule has 3 N–H and O–H groups in total. The lowest BCUT2D eigenvalue weighted by molar-refractivity contribution is -0.126. The highest BCUT2D eigenvalue weighted by Crippen LogP contribution is 2.27. The van der Waals surface area contributed by atoms with Gasteiger partial charge in [0.15, 0.2) is 0 Å². The van der Waals surface area contributed by atoms with Crippen molar-refractivity contribution >= 4 is 18.3 Å². The molecule has 0 radical (unpaired) electrons. The van der Waals surface area contributed by atoms with Crippen LogP contribution >= 0.6 is 12.4 Å². The first-order chi connectivity index (χ1) is 8.51. The quantitative estimate of drug-likeness (QED) is 0.897. The van der Waals surface area contributed by atoms with Crippen LogP contribution < -0.4 is 11.1 Å². The Balaban J connectivity index is 0.00000180. The highest BCUT2D eigenvalue weighted by molar-refractivity contribution is 5.86. The molecule has 1 amide bonds. The van der Waals surface area contributed by atoms with Gasteiger partial charge in [-0.25, -0.2) is 4.39 Å². The largest absolute Gasteiger partial charge is 0.350 e. The number of carbonyl (C=O) groups is 1. The van der Waals surface area contributed by atoms with Crippen LogP contribution in [0.15, 0.2) is 18.2 Å². The van der Waals surface area contributed by atoms with Gasteiger partial charge in [-0.3, -0.25) is 4.79 Å². The summed E-state index contributed by atoms with van der Waals surface area (Å²) in [7, 11) is 0. The van der Waals surface area contributed by atoms with E-state index in [-0.39, 0.29) is 24.1 Å². The summed E-state index contributed by atoms with van der Waals surface area (Å²) in [4.78, 5) is 12.0. The minimum absolute atomic E-state index is 0. The number of benzene rings is 1. The second kappa shape index (κ2) is 6.35. The number of hydrogen-bond acceptors (Lipinski definition) is 2. The Labute approximate surface area is 119 Å². The average molecular weight is 287 g/mol. The number of aryl methyl sites for hydroxylation is 1. The van der Waals surface area contributed by atoms with Crippen molar-refractivity contribution in [1.82, 2.24) is 5.32 Å². The lowest BCUT2D eigenvalue weighted by Gasteiger charge is -2.22. The van der Waals surface area contributed by atoms with Crippen LogP contribution in [0.25, 0.3) is 0 Å². The lowest BCUT2D eigenvalue weighted by atomic mass is 9.98. The molecule has 19 heavy (non-hydrogen) atoms. The molecule has 0 unspecified atom stereocenters. The van der Waals surface area contributed by atoms with Gasteiger partial charge in [0.05, 0.1) is 5.54 Å². The van der Waals surface area contributed by atoms with Crippen LogP contribution in [0.5, 0.6) is 0 Å². The summed E-state index contributed by atoms with van der Waals surface area (Å²) in [5, 5.41) is 2.80. The summed E-state index contributed by atoms with van der Waals surface area (Å²) < 4.78 is 13.3. The fraction of sp³-hybridized carbons (Fsp3) is 0.500. The van der Waals surface area contributed by atoms with Gasteiger partial charge in [-0.2, -0.15) is 0 Å². The number of amides is 1. The van der Waals surface area contributed by atoms with Crippen LogP contribution in [0.2, 0.25) is 0 Å². The number of halogens is 2. The molecular weight excluding hydrogens is 267 g/mol. The monoisotopic (exact) mass is 286 g/mol. The van der Waals surface area contributed by atoms with E-state index in [4.69, 9.17) is 5.73 Å². The Hall–Kier alpha value is -1.13. The van der Waals surface area contributed by atoms with Crippen LogP contribution in [-0.4, -0.2) is 11.4 Å². The Bertz CT molecular complexity index is 459. The summed E-state index contributed by atoms with van der Waals surface area (Å²) in [5.74, 6) is -0.369. The van der Waals surface area contributed by atoms with Crippen molar-refractivity contribution in [2.24, 2.45) is 5.73 Å². The molecule has 1 saturated carbocycles. The van der Waals surface area contributed by atoms with Gasteiger partial charge in [-0.1, -0.05) is 25.0 Å². The Morgan fingerprint density at radius 3 is 2.63 bits per heavy atom. The van der Waals surface area contributed by atoms with Crippen molar-refractivity contribution in [2.45, 2.75) is 44.7 Å². The third-order valence-electron chi connectivity index (χ3n) is 3.64. The van der Waals surface area contributed by atoms with Crippen molar-refractivity contribution in [1.29, 1.82) is 0 Å². The molecule has 0 saturated heterocycles. The number of carbonyl (C=O) groups excluding carboxylic acids is 1.